The van der Waals surface area contributed by atoms with Crippen molar-refractivity contribution in [3.8, 4) is 0 Å². The van der Waals surface area contributed by atoms with E-state index in [1.54, 1.807) is 0 Å². The highest BCUT2D eigenvalue weighted by Crippen LogP contribution is 2.16. The van der Waals surface area contributed by atoms with E-state index in [9.17, 15) is 27.6 Å². The molecule has 1 aliphatic heterocycles. The van der Waals surface area contributed by atoms with Gasteiger partial charge in [0.05, 0.1) is 25.1 Å². The Morgan fingerprint density at radius 2 is 2.04 bits per heavy atom. The number of halogens is 4. The first kappa shape index (κ1) is 24.2. The lowest BCUT2D eigenvalue weighted by Crippen LogP contribution is -2.45. The van der Waals surface area contributed by atoms with Crippen LogP contribution in [0.25, 0.3) is 0 Å². The largest absolute Gasteiger partial charge is 0.411 e. The molecule has 0 spiro atoms. The molecular formula is C16H24ClF3N4O4. The van der Waals surface area contributed by atoms with Crippen LogP contribution in [0.2, 0.25) is 0 Å². The molecule has 0 radical (unpaired) electrons. The number of amides is 1. The summed E-state index contributed by atoms with van der Waals surface area (Å²) < 4.78 is 43.1. The Balaban J connectivity index is 0.00000392. The lowest BCUT2D eigenvalue weighted by molar-refractivity contribution is -0.175. The minimum absolute atomic E-state index is 0. The van der Waals surface area contributed by atoms with Gasteiger partial charge in [0.25, 0.3) is 5.56 Å². The molecule has 1 aromatic heterocycles. The van der Waals surface area contributed by atoms with Gasteiger partial charge in [-0.25, -0.2) is 4.79 Å². The number of nitrogens with one attached hydrogen (secondary N) is 1. The summed E-state index contributed by atoms with van der Waals surface area (Å²) in [6, 6.07) is -0.179. The molecule has 1 N–H and O–H groups in total. The first-order chi connectivity index (χ1) is 12.6. The third-order valence-electron chi connectivity index (χ3n) is 4.38. The molecule has 2 heterocycles. The Bertz CT molecular complexity index is 788. The highest BCUT2D eigenvalue weighted by atomic mass is 35.5. The number of aryl methyl sites for hydroxylation is 1. The monoisotopic (exact) mass is 428 g/mol. The van der Waals surface area contributed by atoms with Crippen LogP contribution in [0.1, 0.15) is 18.4 Å². The summed E-state index contributed by atoms with van der Waals surface area (Å²) in [7, 11) is 2.85. The molecule has 0 bridgehead atoms. The van der Waals surface area contributed by atoms with Crippen molar-refractivity contribution in [2.45, 2.75) is 31.6 Å². The zero-order chi connectivity index (χ0) is 20.2. The molecule has 12 heteroatoms. The maximum absolute atomic E-state index is 12.6. The van der Waals surface area contributed by atoms with Crippen LogP contribution < -0.4 is 16.6 Å². The molecule has 0 aromatic carbocycles. The number of alkyl halides is 3. The van der Waals surface area contributed by atoms with E-state index in [1.807, 2.05) is 0 Å². The number of carbonyl (C=O) groups excluding carboxylic acids is 1. The first-order valence-electron chi connectivity index (χ1n) is 8.50. The normalized spacial score (nSPS) is 16.7. The van der Waals surface area contributed by atoms with Gasteiger partial charge in [0.1, 0.15) is 6.61 Å². The minimum Gasteiger partial charge on any atom is -0.372 e. The van der Waals surface area contributed by atoms with Crippen LogP contribution in [0.15, 0.2) is 15.8 Å². The Labute approximate surface area is 165 Å². The minimum atomic E-state index is -4.45. The van der Waals surface area contributed by atoms with Crippen molar-refractivity contribution in [2.24, 2.45) is 14.1 Å². The van der Waals surface area contributed by atoms with E-state index in [2.05, 4.69) is 10.1 Å². The number of carbonyl (C=O) groups is 1. The second kappa shape index (κ2) is 10.1. The zero-order valence-corrected chi connectivity index (χ0v) is 16.4. The molecule has 1 aliphatic rings. The van der Waals surface area contributed by atoms with Crippen molar-refractivity contribution in [1.29, 1.82) is 0 Å². The second-order valence-corrected chi connectivity index (χ2v) is 6.50. The Morgan fingerprint density at radius 1 is 1.36 bits per heavy atom. The zero-order valence-electron chi connectivity index (χ0n) is 15.6. The summed E-state index contributed by atoms with van der Waals surface area (Å²) in [4.78, 5) is 38.2. The molecule has 1 unspecified atom stereocenters. The van der Waals surface area contributed by atoms with Crippen LogP contribution in [-0.4, -0.2) is 58.5 Å². The topological polar surface area (TPSA) is 85.6 Å². The van der Waals surface area contributed by atoms with Crippen molar-refractivity contribution in [1.82, 2.24) is 19.4 Å². The molecule has 1 aromatic rings. The van der Waals surface area contributed by atoms with Crippen LogP contribution in [-0.2, 0) is 30.2 Å². The van der Waals surface area contributed by atoms with Gasteiger partial charge in [-0.2, -0.15) is 13.2 Å². The molecule has 160 valence electrons. The van der Waals surface area contributed by atoms with Gasteiger partial charge in [0.2, 0.25) is 5.91 Å². The van der Waals surface area contributed by atoms with Crippen molar-refractivity contribution in [2.75, 3.05) is 26.3 Å². The standard InChI is InChI=1S/C16H23F3N4O4.ClH/c1-21-8-11(14(25)22(2)15(21)26)9-23(12-3-5-20-7-12)13(24)4-6-27-10-16(17,18)19;/h8,12,20H,3-7,9-10H2,1-2H3;1H. The van der Waals surface area contributed by atoms with Crippen LogP contribution in [0.5, 0.6) is 0 Å². The summed E-state index contributed by atoms with van der Waals surface area (Å²) in [5.74, 6) is -0.401. The summed E-state index contributed by atoms with van der Waals surface area (Å²) in [5, 5.41) is 3.11. The molecular weight excluding hydrogens is 405 g/mol. The van der Waals surface area contributed by atoms with E-state index in [1.165, 1.54) is 29.8 Å². The van der Waals surface area contributed by atoms with E-state index >= 15 is 0 Å². The smallest absolute Gasteiger partial charge is 0.372 e. The fourth-order valence-electron chi connectivity index (χ4n) is 2.99. The maximum Gasteiger partial charge on any atom is 0.411 e. The third-order valence-corrected chi connectivity index (χ3v) is 4.38. The predicted octanol–water partition coefficient (Wildman–Crippen LogP) is 0.165. The molecule has 1 saturated heterocycles. The number of rotatable bonds is 7. The molecule has 1 amide bonds. The Hall–Kier alpha value is -1.85. The number of ether oxygens (including phenoxy) is 1. The average molecular weight is 429 g/mol. The van der Waals surface area contributed by atoms with Crippen LogP contribution in [0, 0.1) is 0 Å². The molecule has 1 atom stereocenters. The van der Waals surface area contributed by atoms with E-state index < -0.39 is 29.9 Å². The number of nitrogens with zero attached hydrogens (tertiary/aromatic N) is 3. The lowest BCUT2D eigenvalue weighted by Gasteiger charge is -2.28. The van der Waals surface area contributed by atoms with Gasteiger partial charge in [-0.05, 0) is 13.0 Å². The highest BCUT2D eigenvalue weighted by molar-refractivity contribution is 5.85. The van der Waals surface area contributed by atoms with E-state index in [-0.39, 0.29) is 43.6 Å². The summed E-state index contributed by atoms with van der Waals surface area (Å²) in [6.45, 7) is -0.566. The summed E-state index contributed by atoms with van der Waals surface area (Å²) >= 11 is 0. The molecule has 0 saturated carbocycles. The van der Waals surface area contributed by atoms with Gasteiger partial charge >= 0.3 is 11.9 Å². The Kier molecular flexibility index (Phi) is 8.71. The number of hydrogen-bond acceptors (Lipinski definition) is 5. The fourth-order valence-corrected chi connectivity index (χ4v) is 2.99. The summed E-state index contributed by atoms with van der Waals surface area (Å²) in [6.07, 6.45) is -2.62. The molecule has 1 fully saturated rings. The lowest BCUT2D eigenvalue weighted by atomic mass is 10.1. The SMILES string of the molecule is Cl.Cn1cc(CN(C(=O)CCOCC(F)(F)F)C2CCNC2)c(=O)n(C)c1=O. The molecule has 8 nitrogen and oxygen atoms in total. The molecule has 28 heavy (non-hydrogen) atoms. The van der Waals surface area contributed by atoms with Crippen molar-refractivity contribution >= 4 is 18.3 Å². The van der Waals surface area contributed by atoms with Gasteiger partial charge in [-0.15, -0.1) is 12.4 Å². The van der Waals surface area contributed by atoms with Gasteiger partial charge in [-0.3, -0.25) is 14.2 Å². The predicted molar refractivity (Wildman–Crippen MR) is 97.5 cm³/mol. The third kappa shape index (κ3) is 6.35. The van der Waals surface area contributed by atoms with Crippen molar-refractivity contribution in [3.05, 3.63) is 32.6 Å². The van der Waals surface area contributed by atoms with Crippen molar-refractivity contribution < 1.29 is 22.7 Å². The van der Waals surface area contributed by atoms with Crippen LogP contribution in [0.4, 0.5) is 13.2 Å². The number of hydrogen-bond donors (Lipinski definition) is 1. The molecule has 2 rings (SSSR count). The average Bonchev–Trinajstić information content (AvgIpc) is 3.12. The maximum atomic E-state index is 12.6. The number of aromatic nitrogens is 2. The quantitative estimate of drug-likeness (QED) is 0.626. The van der Waals surface area contributed by atoms with Gasteiger partial charge in [0, 0.05) is 32.9 Å². The van der Waals surface area contributed by atoms with Gasteiger partial charge in [0.15, 0.2) is 0 Å². The molecule has 0 aliphatic carbocycles. The second-order valence-electron chi connectivity index (χ2n) is 6.50. The van der Waals surface area contributed by atoms with E-state index in [0.717, 1.165) is 4.57 Å². The van der Waals surface area contributed by atoms with E-state index in [4.69, 9.17) is 0 Å². The summed E-state index contributed by atoms with van der Waals surface area (Å²) in [5.41, 5.74) is -0.726. The van der Waals surface area contributed by atoms with Gasteiger partial charge < -0.3 is 19.5 Å². The van der Waals surface area contributed by atoms with Crippen LogP contribution in [0.3, 0.4) is 0 Å². The van der Waals surface area contributed by atoms with Crippen LogP contribution >= 0.6 is 12.4 Å². The van der Waals surface area contributed by atoms with Crippen molar-refractivity contribution in [3.63, 3.8) is 0 Å². The Morgan fingerprint density at radius 3 is 2.61 bits per heavy atom. The van der Waals surface area contributed by atoms with E-state index in [0.29, 0.717) is 19.5 Å². The van der Waals surface area contributed by atoms with Gasteiger partial charge in [-0.1, -0.05) is 0 Å². The highest BCUT2D eigenvalue weighted by Gasteiger charge is 2.29. The first-order valence-corrected chi connectivity index (χ1v) is 8.50. The fraction of sp³-hybridized carbons (Fsp3) is 0.688.